The summed E-state index contributed by atoms with van der Waals surface area (Å²) in [7, 11) is -3.65. The van der Waals surface area contributed by atoms with Crippen molar-refractivity contribution in [1.82, 2.24) is 5.32 Å². The molecule has 2 aromatic carbocycles. The van der Waals surface area contributed by atoms with Gasteiger partial charge in [0.2, 0.25) is 15.9 Å². The number of para-hydroxylation sites is 2. The lowest BCUT2D eigenvalue weighted by molar-refractivity contribution is -0.119. The molecule has 0 heterocycles. The lowest BCUT2D eigenvalue weighted by Crippen LogP contribution is -2.41. The highest BCUT2D eigenvalue weighted by atomic mass is 35.5. The van der Waals surface area contributed by atoms with Crippen molar-refractivity contribution in [3.63, 3.8) is 0 Å². The third-order valence-electron chi connectivity index (χ3n) is 3.87. The number of sulfonamides is 1. The van der Waals surface area contributed by atoms with Crippen LogP contribution < -0.4 is 14.4 Å². The second kappa shape index (κ2) is 11.3. The monoisotopic (exact) mass is 456 g/mol. The van der Waals surface area contributed by atoms with Crippen LogP contribution in [0.4, 0.5) is 5.69 Å². The molecule has 2 aromatic rings. The van der Waals surface area contributed by atoms with E-state index in [2.05, 4.69) is 5.32 Å². The van der Waals surface area contributed by atoms with E-state index in [-0.39, 0.29) is 12.5 Å². The van der Waals surface area contributed by atoms with Crippen molar-refractivity contribution in [2.24, 2.45) is 0 Å². The van der Waals surface area contributed by atoms with Gasteiger partial charge in [-0.3, -0.25) is 9.10 Å². The van der Waals surface area contributed by atoms with Gasteiger partial charge in [-0.1, -0.05) is 35.9 Å². The smallest absolute Gasteiger partial charge is 0.240 e. The molecule has 158 valence electrons. The molecule has 6 nitrogen and oxygen atoms in total. The summed E-state index contributed by atoms with van der Waals surface area (Å²) in [6.45, 7) is 2.36. The van der Waals surface area contributed by atoms with Gasteiger partial charge in [-0.2, -0.15) is 11.8 Å². The van der Waals surface area contributed by atoms with E-state index in [0.717, 1.165) is 21.9 Å². The molecule has 29 heavy (non-hydrogen) atoms. The fourth-order valence-electron chi connectivity index (χ4n) is 2.54. The van der Waals surface area contributed by atoms with Gasteiger partial charge in [-0.15, -0.1) is 0 Å². The van der Waals surface area contributed by atoms with Gasteiger partial charge >= 0.3 is 0 Å². The van der Waals surface area contributed by atoms with Crippen LogP contribution in [0.25, 0.3) is 0 Å². The van der Waals surface area contributed by atoms with Crippen molar-refractivity contribution >= 4 is 45.0 Å². The van der Waals surface area contributed by atoms with E-state index in [1.54, 1.807) is 36.0 Å². The maximum atomic E-state index is 12.3. The molecule has 0 fully saturated rings. The van der Waals surface area contributed by atoms with Crippen LogP contribution in [0.5, 0.6) is 5.75 Å². The van der Waals surface area contributed by atoms with Gasteiger partial charge in [0.15, 0.2) is 0 Å². The molecular formula is C20H25ClN2O4S2. The van der Waals surface area contributed by atoms with Crippen LogP contribution in [0.2, 0.25) is 5.02 Å². The molecule has 0 aliphatic rings. The zero-order valence-electron chi connectivity index (χ0n) is 16.4. The van der Waals surface area contributed by atoms with Gasteiger partial charge in [-0.25, -0.2) is 8.42 Å². The molecule has 9 heteroatoms. The van der Waals surface area contributed by atoms with Crippen molar-refractivity contribution in [2.45, 2.75) is 12.7 Å². The van der Waals surface area contributed by atoms with Crippen molar-refractivity contribution in [2.75, 3.05) is 36.0 Å². The molecule has 1 N–H and O–H groups in total. The summed E-state index contributed by atoms with van der Waals surface area (Å²) in [5.41, 5.74) is 1.51. The van der Waals surface area contributed by atoms with Crippen LogP contribution in [-0.2, 0) is 20.6 Å². The summed E-state index contributed by atoms with van der Waals surface area (Å²) in [5.74, 6) is 1.58. The summed E-state index contributed by atoms with van der Waals surface area (Å²) in [6, 6.07) is 14.4. The molecule has 0 bridgehead atoms. The van der Waals surface area contributed by atoms with Crippen molar-refractivity contribution in [1.29, 1.82) is 0 Å². The average molecular weight is 457 g/mol. The maximum absolute atomic E-state index is 12.3. The highest BCUT2D eigenvalue weighted by Crippen LogP contribution is 2.29. The zero-order valence-corrected chi connectivity index (χ0v) is 18.8. The summed E-state index contributed by atoms with van der Waals surface area (Å²) in [5, 5.41) is 3.48. The van der Waals surface area contributed by atoms with Gasteiger partial charge in [0.25, 0.3) is 0 Å². The van der Waals surface area contributed by atoms with E-state index in [9.17, 15) is 13.2 Å². The second-order valence-electron chi connectivity index (χ2n) is 6.20. The Morgan fingerprint density at radius 2 is 1.86 bits per heavy atom. The van der Waals surface area contributed by atoms with Crippen LogP contribution in [0.15, 0.2) is 48.5 Å². The highest BCUT2D eigenvalue weighted by molar-refractivity contribution is 7.98. The van der Waals surface area contributed by atoms with E-state index in [1.165, 1.54) is 0 Å². The van der Waals surface area contributed by atoms with E-state index in [4.69, 9.17) is 16.3 Å². The predicted molar refractivity (Wildman–Crippen MR) is 120 cm³/mol. The standard InChI is InChI=1S/C20H25ClN2O4S2/c1-3-27-19-7-5-4-6-18(19)23(29(2,25)26)14-20(24)22-12-13-28-15-16-8-10-17(21)11-9-16/h4-11H,3,12-15H2,1-2H3,(H,22,24). The molecule has 0 unspecified atom stereocenters. The molecular weight excluding hydrogens is 432 g/mol. The number of benzene rings is 2. The van der Waals surface area contributed by atoms with Gasteiger partial charge in [0, 0.05) is 23.1 Å². The Bertz CT molecular complexity index is 905. The second-order valence-corrected chi connectivity index (χ2v) is 9.65. The highest BCUT2D eigenvalue weighted by Gasteiger charge is 2.23. The molecule has 0 saturated heterocycles. The molecule has 0 aliphatic carbocycles. The number of thioether (sulfide) groups is 1. The molecule has 0 spiro atoms. The van der Waals surface area contributed by atoms with Crippen LogP contribution in [0.1, 0.15) is 12.5 Å². The Hall–Kier alpha value is -1.90. The number of rotatable bonds is 11. The SMILES string of the molecule is CCOc1ccccc1N(CC(=O)NCCSCc1ccc(Cl)cc1)S(C)(=O)=O. The first-order chi connectivity index (χ1) is 13.8. The van der Waals surface area contributed by atoms with E-state index < -0.39 is 10.0 Å². The lowest BCUT2D eigenvalue weighted by atomic mass is 10.2. The van der Waals surface area contributed by atoms with Crippen LogP contribution in [0.3, 0.4) is 0 Å². The third-order valence-corrected chi connectivity index (χ3v) is 6.28. The first-order valence-electron chi connectivity index (χ1n) is 9.09. The average Bonchev–Trinajstić information content (AvgIpc) is 2.67. The lowest BCUT2D eigenvalue weighted by Gasteiger charge is -2.24. The van der Waals surface area contributed by atoms with Gasteiger partial charge in [0.05, 0.1) is 18.6 Å². The molecule has 0 aliphatic heterocycles. The number of carbonyl (C=O) groups is 1. The fraction of sp³-hybridized carbons (Fsp3) is 0.350. The number of nitrogens with zero attached hydrogens (tertiary/aromatic N) is 1. The van der Waals surface area contributed by atoms with Gasteiger partial charge in [-0.05, 0) is 36.8 Å². The first-order valence-corrected chi connectivity index (χ1v) is 12.5. The van der Waals surface area contributed by atoms with Crippen molar-refractivity contribution in [3.8, 4) is 5.75 Å². The zero-order chi connectivity index (χ0) is 21.3. The van der Waals surface area contributed by atoms with Gasteiger partial charge < -0.3 is 10.1 Å². The normalized spacial score (nSPS) is 11.1. The Morgan fingerprint density at radius 1 is 1.17 bits per heavy atom. The minimum Gasteiger partial charge on any atom is -0.492 e. The van der Waals surface area contributed by atoms with Crippen LogP contribution in [-0.4, -0.2) is 46.0 Å². The van der Waals surface area contributed by atoms with Crippen molar-refractivity contribution < 1.29 is 17.9 Å². The van der Waals surface area contributed by atoms with Crippen LogP contribution >= 0.6 is 23.4 Å². The minimum atomic E-state index is -3.65. The van der Waals surface area contributed by atoms with E-state index in [1.807, 2.05) is 31.2 Å². The van der Waals surface area contributed by atoms with E-state index in [0.29, 0.717) is 35.4 Å². The Balaban J connectivity index is 1.88. The number of hydrogen-bond donors (Lipinski definition) is 1. The van der Waals surface area contributed by atoms with Crippen molar-refractivity contribution in [3.05, 3.63) is 59.1 Å². The first kappa shape index (κ1) is 23.4. The van der Waals surface area contributed by atoms with E-state index >= 15 is 0 Å². The maximum Gasteiger partial charge on any atom is 0.240 e. The summed E-state index contributed by atoms with van der Waals surface area (Å²) >= 11 is 7.54. The Labute approximate surface area is 181 Å². The number of anilines is 1. The Kier molecular flexibility index (Phi) is 9.13. The number of carbonyl (C=O) groups excluding carboxylic acids is 1. The summed E-state index contributed by atoms with van der Waals surface area (Å²) in [6.07, 6.45) is 1.07. The fourth-order valence-corrected chi connectivity index (χ4v) is 4.35. The molecule has 0 atom stereocenters. The summed E-state index contributed by atoms with van der Waals surface area (Å²) < 4.78 is 31.1. The van der Waals surface area contributed by atoms with Gasteiger partial charge in [0.1, 0.15) is 12.3 Å². The molecule has 0 saturated carbocycles. The number of amides is 1. The largest absolute Gasteiger partial charge is 0.492 e. The molecule has 0 radical (unpaired) electrons. The number of hydrogen-bond acceptors (Lipinski definition) is 5. The Morgan fingerprint density at radius 3 is 2.52 bits per heavy atom. The number of ether oxygens (including phenoxy) is 1. The number of nitrogens with one attached hydrogen (secondary N) is 1. The molecule has 0 aromatic heterocycles. The predicted octanol–water partition coefficient (Wildman–Crippen LogP) is 3.55. The quantitative estimate of drug-likeness (QED) is 0.523. The third kappa shape index (κ3) is 7.79. The topological polar surface area (TPSA) is 75.7 Å². The molecule has 2 rings (SSSR count). The van der Waals surface area contributed by atoms with Crippen LogP contribution in [0, 0.1) is 0 Å². The minimum absolute atomic E-state index is 0.301. The summed E-state index contributed by atoms with van der Waals surface area (Å²) in [4.78, 5) is 12.3. The number of halogens is 1. The molecule has 1 amide bonds.